The average Bonchev–Trinajstić information content (AvgIpc) is 2.79. The summed E-state index contributed by atoms with van der Waals surface area (Å²) >= 11 is 0. The molecule has 0 aliphatic heterocycles. The number of carbonyl (C=O) groups excluding carboxylic acids is 2. The molecule has 6 N–H and O–H groups in total. The van der Waals surface area contributed by atoms with Gasteiger partial charge in [0.1, 0.15) is 0 Å². The summed E-state index contributed by atoms with van der Waals surface area (Å²) in [6.07, 6.45) is 5.37. The number of nitrogens with zero attached hydrogens (tertiary/aromatic N) is 3. The number of H-pyrrole nitrogens is 1. The standard InChI is InChI=1S/C22H28N8O3/c1-14(31)24-10-4-2-3-5-11-25-20(32)15-6-8-16(9-7-15)26-12-17-13-27-19-18(28-17)21(33)30-22(23)29-19/h6-9,13,26H,2-5,10-12H2,1H3,(H,24,31)(H,25,32)(H3,23,27,29,30,33). The van der Waals surface area contributed by atoms with Gasteiger partial charge in [-0.3, -0.25) is 19.4 Å². The zero-order valence-corrected chi connectivity index (χ0v) is 18.5. The van der Waals surface area contributed by atoms with Gasteiger partial charge in [-0.2, -0.15) is 4.98 Å². The molecular formula is C22H28N8O3. The second-order valence-electron chi connectivity index (χ2n) is 7.57. The molecule has 0 fully saturated rings. The molecule has 0 saturated carbocycles. The van der Waals surface area contributed by atoms with Crippen LogP contribution in [0.15, 0.2) is 35.3 Å². The highest BCUT2D eigenvalue weighted by Gasteiger charge is 2.08. The number of unbranched alkanes of at least 4 members (excludes halogenated alkanes) is 3. The Hall–Kier alpha value is -4.02. The molecule has 0 spiro atoms. The summed E-state index contributed by atoms with van der Waals surface area (Å²) in [6, 6.07) is 7.10. The Morgan fingerprint density at radius 1 is 1.00 bits per heavy atom. The van der Waals surface area contributed by atoms with Crippen LogP contribution in [0.2, 0.25) is 0 Å². The van der Waals surface area contributed by atoms with Crippen molar-refractivity contribution in [2.24, 2.45) is 0 Å². The van der Waals surface area contributed by atoms with Crippen LogP contribution in [0.5, 0.6) is 0 Å². The third-order valence-electron chi connectivity index (χ3n) is 4.87. The van der Waals surface area contributed by atoms with Crippen molar-refractivity contribution in [2.75, 3.05) is 24.1 Å². The summed E-state index contributed by atoms with van der Waals surface area (Å²) < 4.78 is 0. The summed E-state index contributed by atoms with van der Waals surface area (Å²) in [4.78, 5) is 49.8. The fourth-order valence-corrected chi connectivity index (χ4v) is 3.16. The lowest BCUT2D eigenvalue weighted by atomic mass is 10.1. The number of nitrogen functional groups attached to an aromatic ring is 1. The van der Waals surface area contributed by atoms with E-state index in [9.17, 15) is 14.4 Å². The van der Waals surface area contributed by atoms with E-state index in [-0.39, 0.29) is 28.9 Å². The summed E-state index contributed by atoms with van der Waals surface area (Å²) in [7, 11) is 0. The molecular weight excluding hydrogens is 424 g/mol. The Morgan fingerprint density at radius 2 is 1.70 bits per heavy atom. The fraction of sp³-hybridized carbons (Fsp3) is 0.364. The number of nitrogens with one attached hydrogen (secondary N) is 4. The maximum Gasteiger partial charge on any atom is 0.280 e. The maximum atomic E-state index is 12.3. The van der Waals surface area contributed by atoms with Gasteiger partial charge in [0.2, 0.25) is 11.9 Å². The van der Waals surface area contributed by atoms with Crippen molar-refractivity contribution < 1.29 is 9.59 Å². The van der Waals surface area contributed by atoms with Crippen LogP contribution in [-0.4, -0.2) is 44.8 Å². The highest BCUT2D eigenvalue weighted by Crippen LogP contribution is 2.12. The van der Waals surface area contributed by atoms with Crippen LogP contribution in [-0.2, 0) is 11.3 Å². The number of amides is 2. The van der Waals surface area contributed by atoms with Gasteiger partial charge in [0.25, 0.3) is 11.5 Å². The molecule has 0 saturated heterocycles. The average molecular weight is 453 g/mol. The lowest BCUT2D eigenvalue weighted by molar-refractivity contribution is -0.118. The number of benzene rings is 1. The van der Waals surface area contributed by atoms with Crippen LogP contribution in [0.4, 0.5) is 11.6 Å². The molecule has 3 rings (SSSR count). The van der Waals surface area contributed by atoms with Crippen molar-refractivity contribution >= 4 is 34.6 Å². The second-order valence-corrected chi connectivity index (χ2v) is 7.57. The number of anilines is 2. The van der Waals surface area contributed by atoms with Crippen molar-refractivity contribution in [3.63, 3.8) is 0 Å². The molecule has 0 unspecified atom stereocenters. The van der Waals surface area contributed by atoms with Gasteiger partial charge < -0.3 is 21.7 Å². The number of aromatic nitrogens is 4. The van der Waals surface area contributed by atoms with Gasteiger partial charge in [0.05, 0.1) is 18.4 Å². The smallest absolute Gasteiger partial charge is 0.280 e. The van der Waals surface area contributed by atoms with E-state index in [2.05, 4.69) is 35.9 Å². The molecule has 0 aliphatic carbocycles. The predicted octanol–water partition coefficient (Wildman–Crippen LogP) is 1.33. The number of fused-ring (bicyclic) bond motifs is 1. The zero-order valence-electron chi connectivity index (χ0n) is 18.5. The van der Waals surface area contributed by atoms with Crippen molar-refractivity contribution in [1.82, 2.24) is 30.6 Å². The summed E-state index contributed by atoms with van der Waals surface area (Å²) in [6.45, 7) is 3.16. The molecule has 11 heteroatoms. The van der Waals surface area contributed by atoms with Gasteiger partial charge in [-0.25, -0.2) is 9.97 Å². The third-order valence-corrected chi connectivity index (χ3v) is 4.87. The molecule has 2 amide bonds. The minimum atomic E-state index is -0.438. The van der Waals surface area contributed by atoms with E-state index in [1.54, 1.807) is 24.3 Å². The molecule has 174 valence electrons. The number of nitrogens with two attached hydrogens (primary N) is 1. The van der Waals surface area contributed by atoms with Crippen molar-refractivity contribution in [3.8, 4) is 0 Å². The minimum absolute atomic E-state index is 0.00417. The Bertz CT molecular complexity index is 1160. The van der Waals surface area contributed by atoms with Gasteiger partial charge in [-0.05, 0) is 37.1 Å². The molecule has 0 aliphatic rings. The summed E-state index contributed by atoms with van der Waals surface area (Å²) in [5.74, 6) is -0.132. The Kier molecular flexibility index (Phi) is 8.28. The molecule has 3 aromatic rings. The topological polar surface area (TPSA) is 168 Å². The maximum absolute atomic E-state index is 12.3. The molecule has 0 radical (unpaired) electrons. The number of carbonyl (C=O) groups is 2. The largest absolute Gasteiger partial charge is 0.379 e. The van der Waals surface area contributed by atoms with Gasteiger partial charge in [-0.15, -0.1) is 0 Å². The molecule has 33 heavy (non-hydrogen) atoms. The van der Waals surface area contributed by atoms with Crippen molar-refractivity contribution in [1.29, 1.82) is 0 Å². The third kappa shape index (κ3) is 7.27. The first-order valence-corrected chi connectivity index (χ1v) is 10.8. The first-order valence-electron chi connectivity index (χ1n) is 10.8. The van der Waals surface area contributed by atoms with Crippen LogP contribution in [0, 0.1) is 0 Å². The summed E-state index contributed by atoms with van der Waals surface area (Å²) in [5, 5.41) is 8.87. The predicted molar refractivity (Wildman–Crippen MR) is 126 cm³/mol. The first kappa shape index (κ1) is 23.6. The molecule has 1 aromatic carbocycles. The normalized spacial score (nSPS) is 10.7. The molecule has 2 heterocycles. The highest BCUT2D eigenvalue weighted by atomic mass is 16.2. The number of hydrogen-bond acceptors (Lipinski definition) is 8. The quantitative estimate of drug-likeness (QED) is 0.272. The molecule has 11 nitrogen and oxygen atoms in total. The first-order chi connectivity index (χ1) is 15.9. The monoisotopic (exact) mass is 452 g/mol. The van der Waals surface area contributed by atoms with E-state index < -0.39 is 5.56 Å². The van der Waals surface area contributed by atoms with Crippen LogP contribution >= 0.6 is 0 Å². The Labute approximate surface area is 190 Å². The van der Waals surface area contributed by atoms with Crippen molar-refractivity contribution in [3.05, 3.63) is 52.1 Å². The van der Waals surface area contributed by atoms with Gasteiger partial charge in [0.15, 0.2) is 11.2 Å². The second kappa shape index (κ2) is 11.6. The zero-order chi connectivity index (χ0) is 23.6. The van der Waals surface area contributed by atoms with E-state index in [0.717, 1.165) is 31.4 Å². The number of rotatable bonds is 11. The van der Waals surface area contributed by atoms with Gasteiger partial charge in [0, 0.05) is 31.3 Å². The van der Waals surface area contributed by atoms with E-state index >= 15 is 0 Å². The molecule has 0 bridgehead atoms. The lowest BCUT2D eigenvalue weighted by Crippen LogP contribution is -2.24. The van der Waals surface area contributed by atoms with E-state index in [4.69, 9.17) is 5.73 Å². The Balaban J connectivity index is 1.42. The summed E-state index contributed by atoms with van der Waals surface area (Å²) in [5.41, 5.74) is 7.34. The highest BCUT2D eigenvalue weighted by molar-refractivity contribution is 5.94. The van der Waals surface area contributed by atoms with Crippen LogP contribution in [0.25, 0.3) is 11.2 Å². The van der Waals surface area contributed by atoms with Crippen LogP contribution < -0.4 is 27.2 Å². The van der Waals surface area contributed by atoms with E-state index in [1.165, 1.54) is 13.1 Å². The number of hydrogen-bond donors (Lipinski definition) is 5. The van der Waals surface area contributed by atoms with Crippen LogP contribution in [0.3, 0.4) is 0 Å². The van der Waals surface area contributed by atoms with E-state index in [1.807, 2.05) is 0 Å². The van der Waals surface area contributed by atoms with Crippen molar-refractivity contribution in [2.45, 2.75) is 39.2 Å². The SMILES string of the molecule is CC(=O)NCCCCCCNC(=O)c1ccc(NCc2cnc3nc(N)[nH]c(=O)c3n2)cc1. The minimum Gasteiger partial charge on any atom is -0.379 e. The fourth-order valence-electron chi connectivity index (χ4n) is 3.16. The number of aromatic amines is 1. The van der Waals surface area contributed by atoms with E-state index in [0.29, 0.717) is 30.9 Å². The Morgan fingerprint density at radius 3 is 2.39 bits per heavy atom. The van der Waals surface area contributed by atoms with Gasteiger partial charge in [-0.1, -0.05) is 12.8 Å². The van der Waals surface area contributed by atoms with Gasteiger partial charge >= 0.3 is 0 Å². The lowest BCUT2D eigenvalue weighted by Gasteiger charge is -2.08. The molecule has 2 aromatic heterocycles. The van der Waals surface area contributed by atoms with Crippen LogP contribution in [0.1, 0.15) is 48.7 Å². The molecule has 0 atom stereocenters.